The van der Waals surface area contributed by atoms with Gasteiger partial charge in [-0.15, -0.1) is 11.6 Å². The zero-order chi connectivity index (χ0) is 13.8. The summed E-state index contributed by atoms with van der Waals surface area (Å²) >= 11 is 6.17. The Labute approximate surface area is 125 Å². The molecule has 1 heterocycles. The van der Waals surface area contributed by atoms with Crippen LogP contribution in [-0.2, 0) is 6.54 Å². The van der Waals surface area contributed by atoms with Crippen molar-refractivity contribution in [1.29, 1.82) is 0 Å². The number of nitrogens with one attached hydrogen (secondary N) is 1. The lowest BCUT2D eigenvalue weighted by Crippen LogP contribution is -2.33. The van der Waals surface area contributed by atoms with Crippen molar-refractivity contribution < 1.29 is 0 Å². The molecule has 1 aliphatic carbocycles. The van der Waals surface area contributed by atoms with Crippen LogP contribution in [0.25, 0.3) is 10.9 Å². The Bertz CT molecular complexity index is 576. The molecular formula is C17H21ClN2. The predicted molar refractivity (Wildman–Crippen MR) is 85.1 cm³/mol. The highest BCUT2D eigenvalue weighted by Gasteiger charge is 2.32. The van der Waals surface area contributed by atoms with Gasteiger partial charge >= 0.3 is 0 Å². The smallest absolute Gasteiger partial charge is 0.0705 e. The molecule has 0 aliphatic heterocycles. The average molecular weight is 289 g/mol. The number of aromatic nitrogens is 1. The van der Waals surface area contributed by atoms with Gasteiger partial charge in [-0.3, -0.25) is 4.98 Å². The van der Waals surface area contributed by atoms with Crippen molar-refractivity contribution in [3.63, 3.8) is 0 Å². The predicted octanol–water partition coefficient (Wildman–Crippen LogP) is 4.12. The Morgan fingerprint density at radius 3 is 2.70 bits per heavy atom. The van der Waals surface area contributed by atoms with E-state index < -0.39 is 0 Å². The molecule has 0 unspecified atom stereocenters. The summed E-state index contributed by atoms with van der Waals surface area (Å²) in [7, 11) is 0. The average Bonchev–Trinajstić information content (AvgIpc) is 2.96. The first-order valence-electron chi connectivity index (χ1n) is 7.43. The molecule has 2 aromatic rings. The lowest BCUT2D eigenvalue weighted by molar-refractivity contribution is 0.320. The van der Waals surface area contributed by atoms with Crippen LogP contribution >= 0.6 is 11.6 Å². The molecule has 1 saturated carbocycles. The summed E-state index contributed by atoms with van der Waals surface area (Å²) in [4.78, 5) is 4.69. The van der Waals surface area contributed by atoms with Crippen LogP contribution in [0.5, 0.6) is 0 Å². The van der Waals surface area contributed by atoms with Crippen LogP contribution in [0.15, 0.2) is 36.4 Å². The molecule has 1 aromatic heterocycles. The largest absolute Gasteiger partial charge is 0.311 e. The van der Waals surface area contributed by atoms with Gasteiger partial charge in [0.2, 0.25) is 0 Å². The van der Waals surface area contributed by atoms with Crippen LogP contribution in [0.1, 0.15) is 31.4 Å². The van der Waals surface area contributed by atoms with Gasteiger partial charge in [0.1, 0.15) is 0 Å². The Morgan fingerprint density at radius 1 is 1.10 bits per heavy atom. The van der Waals surface area contributed by atoms with E-state index in [1.807, 2.05) is 12.1 Å². The van der Waals surface area contributed by atoms with Crippen LogP contribution in [0.2, 0.25) is 0 Å². The Hall–Kier alpha value is -1.12. The second-order valence-corrected chi connectivity index (χ2v) is 6.21. The fraction of sp³-hybridized carbons (Fsp3) is 0.471. The standard InChI is InChI=1S/C17H21ClN2/c18-12-17(9-3-4-10-17)13-19-11-15-8-7-14-5-1-2-6-16(14)20-15/h1-2,5-8,19H,3-4,9-13H2. The van der Waals surface area contributed by atoms with Crippen molar-refractivity contribution in [2.75, 3.05) is 12.4 Å². The Kier molecular flexibility index (Phi) is 4.23. The minimum Gasteiger partial charge on any atom is -0.311 e. The summed E-state index contributed by atoms with van der Waals surface area (Å²) in [6.07, 6.45) is 5.16. The highest BCUT2D eigenvalue weighted by molar-refractivity contribution is 6.18. The molecule has 106 valence electrons. The topological polar surface area (TPSA) is 24.9 Å². The zero-order valence-corrected chi connectivity index (χ0v) is 12.5. The number of rotatable bonds is 5. The number of nitrogens with zero attached hydrogens (tertiary/aromatic N) is 1. The maximum Gasteiger partial charge on any atom is 0.0705 e. The maximum atomic E-state index is 6.17. The SMILES string of the molecule is ClCC1(CNCc2ccc3ccccc3n2)CCCC1. The molecule has 0 radical (unpaired) electrons. The second kappa shape index (κ2) is 6.11. The van der Waals surface area contributed by atoms with Gasteiger partial charge in [-0.25, -0.2) is 0 Å². The number of fused-ring (bicyclic) bond motifs is 1. The van der Waals surface area contributed by atoms with Crippen LogP contribution < -0.4 is 5.32 Å². The van der Waals surface area contributed by atoms with E-state index in [9.17, 15) is 0 Å². The van der Waals surface area contributed by atoms with Crippen molar-refractivity contribution in [2.24, 2.45) is 5.41 Å². The van der Waals surface area contributed by atoms with Gasteiger partial charge in [-0.2, -0.15) is 0 Å². The van der Waals surface area contributed by atoms with Crippen molar-refractivity contribution in [1.82, 2.24) is 10.3 Å². The third kappa shape index (κ3) is 2.97. The third-order valence-corrected chi connectivity index (χ3v) is 4.98. The number of benzene rings is 1. The lowest BCUT2D eigenvalue weighted by Gasteiger charge is -2.26. The monoisotopic (exact) mass is 288 g/mol. The highest BCUT2D eigenvalue weighted by atomic mass is 35.5. The van der Waals surface area contributed by atoms with Crippen molar-refractivity contribution in [2.45, 2.75) is 32.2 Å². The van der Waals surface area contributed by atoms with Gasteiger partial charge in [-0.05, 0) is 30.4 Å². The van der Waals surface area contributed by atoms with Gasteiger partial charge in [0.25, 0.3) is 0 Å². The summed E-state index contributed by atoms with van der Waals surface area (Å²) in [5, 5.41) is 4.75. The second-order valence-electron chi connectivity index (χ2n) is 5.94. The third-order valence-electron chi connectivity index (χ3n) is 4.41. The quantitative estimate of drug-likeness (QED) is 0.837. The fourth-order valence-corrected chi connectivity index (χ4v) is 3.51. The van der Waals surface area contributed by atoms with Gasteiger partial charge in [0, 0.05) is 24.4 Å². The molecular weight excluding hydrogens is 268 g/mol. The van der Waals surface area contributed by atoms with E-state index in [1.165, 1.54) is 31.1 Å². The molecule has 1 N–H and O–H groups in total. The molecule has 1 aliphatic rings. The first kappa shape index (κ1) is 13.8. The first-order valence-corrected chi connectivity index (χ1v) is 7.96. The molecule has 0 bridgehead atoms. The number of para-hydroxylation sites is 1. The van der Waals surface area contributed by atoms with E-state index in [0.29, 0.717) is 5.41 Å². The molecule has 1 fully saturated rings. The number of alkyl halides is 1. The number of halogens is 1. The van der Waals surface area contributed by atoms with Crippen LogP contribution in [0.4, 0.5) is 0 Å². The fourth-order valence-electron chi connectivity index (χ4n) is 3.15. The van der Waals surface area contributed by atoms with Crippen LogP contribution in [0, 0.1) is 5.41 Å². The molecule has 3 rings (SSSR count). The van der Waals surface area contributed by atoms with Gasteiger partial charge in [0.05, 0.1) is 11.2 Å². The van der Waals surface area contributed by atoms with E-state index in [4.69, 9.17) is 16.6 Å². The molecule has 0 atom stereocenters. The summed E-state index contributed by atoms with van der Waals surface area (Å²) in [6.45, 7) is 1.83. The number of hydrogen-bond acceptors (Lipinski definition) is 2. The van der Waals surface area contributed by atoms with Crippen molar-refractivity contribution >= 4 is 22.5 Å². The normalized spacial score (nSPS) is 17.6. The van der Waals surface area contributed by atoms with Crippen LogP contribution in [0.3, 0.4) is 0 Å². The highest BCUT2D eigenvalue weighted by Crippen LogP contribution is 2.38. The van der Waals surface area contributed by atoms with Crippen molar-refractivity contribution in [3.8, 4) is 0 Å². The summed E-state index contributed by atoms with van der Waals surface area (Å²) < 4.78 is 0. The Morgan fingerprint density at radius 2 is 1.90 bits per heavy atom. The minimum atomic E-state index is 0.318. The summed E-state index contributed by atoms with van der Waals surface area (Å²) in [5.74, 6) is 0.769. The van der Waals surface area contributed by atoms with E-state index in [2.05, 4.69) is 29.6 Å². The molecule has 0 spiro atoms. The summed E-state index contributed by atoms with van der Waals surface area (Å²) in [6, 6.07) is 12.5. The van der Waals surface area contributed by atoms with E-state index in [-0.39, 0.29) is 0 Å². The summed E-state index contributed by atoms with van der Waals surface area (Å²) in [5.41, 5.74) is 2.49. The van der Waals surface area contributed by atoms with Gasteiger partial charge in [0.15, 0.2) is 0 Å². The van der Waals surface area contributed by atoms with E-state index >= 15 is 0 Å². The van der Waals surface area contributed by atoms with Gasteiger partial charge < -0.3 is 5.32 Å². The van der Waals surface area contributed by atoms with E-state index in [0.717, 1.165) is 30.2 Å². The van der Waals surface area contributed by atoms with Crippen LogP contribution in [-0.4, -0.2) is 17.4 Å². The molecule has 3 heteroatoms. The molecule has 0 saturated heterocycles. The van der Waals surface area contributed by atoms with E-state index in [1.54, 1.807) is 0 Å². The molecule has 0 amide bonds. The molecule has 1 aromatic carbocycles. The van der Waals surface area contributed by atoms with Crippen molar-refractivity contribution in [3.05, 3.63) is 42.1 Å². The molecule has 20 heavy (non-hydrogen) atoms. The lowest BCUT2D eigenvalue weighted by atomic mass is 9.88. The molecule has 2 nitrogen and oxygen atoms in total. The number of pyridine rings is 1. The minimum absolute atomic E-state index is 0.318. The Balaban J connectivity index is 1.62. The first-order chi connectivity index (χ1) is 9.81. The number of hydrogen-bond donors (Lipinski definition) is 1. The van der Waals surface area contributed by atoms with Gasteiger partial charge in [-0.1, -0.05) is 37.1 Å². The zero-order valence-electron chi connectivity index (χ0n) is 11.7. The maximum absolute atomic E-state index is 6.17.